The Labute approximate surface area is 237 Å². The van der Waals surface area contributed by atoms with Gasteiger partial charge in [-0.2, -0.15) is 0 Å². The summed E-state index contributed by atoms with van der Waals surface area (Å²) in [4.78, 5) is 61.0. The molecule has 0 aliphatic heterocycles. The van der Waals surface area contributed by atoms with Crippen molar-refractivity contribution in [3.63, 3.8) is 0 Å². The molecule has 0 aliphatic rings. The van der Waals surface area contributed by atoms with Gasteiger partial charge in [0.1, 0.15) is 11.6 Å². The number of fused-ring (bicyclic) bond motifs is 1. The number of nitrogens with one attached hydrogen (secondary N) is 2. The van der Waals surface area contributed by atoms with E-state index in [1.807, 2.05) is 0 Å². The normalized spacial score (nSPS) is 11.5. The number of carbonyl (C=O) groups excluding carboxylic acids is 2. The van der Waals surface area contributed by atoms with Gasteiger partial charge < -0.3 is 24.4 Å². The summed E-state index contributed by atoms with van der Waals surface area (Å²) in [5.41, 5.74) is 0.950. The maximum atomic E-state index is 13.4. The summed E-state index contributed by atoms with van der Waals surface area (Å²) in [6, 6.07) is 18.8. The summed E-state index contributed by atoms with van der Waals surface area (Å²) in [5.74, 6) is -2.32. The summed E-state index contributed by atoms with van der Waals surface area (Å²) in [5, 5.41) is 6.61. The number of halogens is 1. The summed E-state index contributed by atoms with van der Waals surface area (Å²) in [6.45, 7) is -0.529. The van der Waals surface area contributed by atoms with E-state index < -0.39 is 44.8 Å². The van der Waals surface area contributed by atoms with Crippen LogP contribution in [0, 0.1) is 5.82 Å². The Morgan fingerprint density at radius 1 is 0.786 bits per heavy atom. The number of phosphoric acid groups is 2. The Morgan fingerprint density at radius 3 is 2.19 bits per heavy atom. The van der Waals surface area contributed by atoms with Gasteiger partial charge in [-0.15, -0.1) is 0 Å². The van der Waals surface area contributed by atoms with Crippen LogP contribution in [0.2, 0.25) is 0 Å². The van der Waals surface area contributed by atoms with Crippen LogP contribution < -0.4 is 24.4 Å². The average molecular weight is 620 g/mol. The van der Waals surface area contributed by atoms with Gasteiger partial charge >= 0.3 is 15.6 Å². The minimum atomic E-state index is -5.10. The van der Waals surface area contributed by atoms with Gasteiger partial charge in [0.05, 0.1) is 0 Å². The van der Waals surface area contributed by atoms with Crippen LogP contribution in [-0.2, 0) is 20.5 Å². The number of phosphoric ester groups is 2. The maximum Gasteiger partial charge on any atom is 0.524 e. The topological polar surface area (TPSA) is 201 Å². The van der Waals surface area contributed by atoms with Crippen LogP contribution in [0.1, 0.15) is 15.9 Å². The van der Waals surface area contributed by atoms with Crippen molar-refractivity contribution in [2.75, 3.05) is 11.9 Å². The van der Waals surface area contributed by atoms with Gasteiger partial charge in [0, 0.05) is 17.8 Å². The van der Waals surface area contributed by atoms with Crippen LogP contribution >= 0.6 is 15.6 Å². The average Bonchev–Trinajstić information content (AvgIpc) is 2.90. The molecule has 0 unspecified atom stereocenters. The molecule has 4 rings (SSSR count). The predicted octanol–water partition coefficient (Wildman–Crippen LogP) is 3.87. The van der Waals surface area contributed by atoms with Crippen molar-refractivity contribution in [3.05, 3.63) is 95.8 Å². The minimum absolute atomic E-state index is 0.145. The van der Waals surface area contributed by atoms with Crippen LogP contribution in [0.5, 0.6) is 17.2 Å². The maximum absolute atomic E-state index is 13.4. The lowest BCUT2D eigenvalue weighted by atomic mass is 10.1. The fourth-order valence-electron chi connectivity index (χ4n) is 3.69. The molecule has 0 atom stereocenters. The molecule has 2 amide bonds. The molecular weight excluding hydrogens is 597 g/mol. The van der Waals surface area contributed by atoms with Crippen LogP contribution in [0.4, 0.5) is 10.1 Å². The second kappa shape index (κ2) is 12.7. The molecule has 0 radical (unpaired) electrons. The first kappa shape index (κ1) is 30.7. The highest BCUT2D eigenvalue weighted by atomic mass is 31.2. The van der Waals surface area contributed by atoms with Crippen molar-refractivity contribution in [1.29, 1.82) is 0 Å². The lowest BCUT2D eigenvalue weighted by Gasteiger charge is -2.15. The number of carbonyl (C=O) groups is 2. The standard InChI is InChI=1S/C26H23FN2O11P2/c27-20-2-1-3-21(13-20)29-26(31)19-6-5-18-12-22(8-7-17(18)11-19)38-15-25(30)28-14-16-4-9-23(39-41(32,33)34)24(10-16)40-42(35,36)37/h1-13H,14-15H2,(H,28,30)(H,29,31)(H2,32,33,34)(H2,35,36,37). The summed E-state index contributed by atoms with van der Waals surface area (Å²) in [6.07, 6.45) is 0. The van der Waals surface area contributed by atoms with Crippen molar-refractivity contribution in [2.45, 2.75) is 6.54 Å². The molecule has 0 saturated carbocycles. The lowest BCUT2D eigenvalue weighted by molar-refractivity contribution is -0.123. The van der Waals surface area contributed by atoms with E-state index in [0.717, 1.165) is 22.9 Å². The van der Waals surface area contributed by atoms with Crippen molar-refractivity contribution < 1.29 is 56.5 Å². The molecule has 16 heteroatoms. The van der Waals surface area contributed by atoms with E-state index in [9.17, 15) is 23.1 Å². The highest BCUT2D eigenvalue weighted by Crippen LogP contribution is 2.47. The van der Waals surface area contributed by atoms with E-state index in [2.05, 4.69) is 19.7 Å². The number of anilines is 1. The Hall–Kier alpha value is -4.29. The van der Waals surface area contributed by atoms with Gasteiger partial charge in [-0.3, -0.25) is 29.2 Å². The fraction of sp³-hybridized carbons (Fsp3) is 0.0769. The number of ether oxygens (including phenoxy) is 1. The third-order valence-electron chi connectivity index (χ3n) is 5.46. The zero-order valence-corrected chi connectivity index (χ0v) is 23.1. The van der Waals surface area contributed by atoms with Crippen LogP contribution in [0.25, 0.3) is 10.8 Å². The molecule has 0 fully saturated rings. The fourth-order valence-corrected chi connectivity index (χ4v) is 4.50. The Balaban J connectivity index is 1.34. The lowest BCUT2D eigenvalue weighted by Crippen LogP contribution is -2.28. The number of benzene rings is 4. The van der Waals surface area contributed by atoms with Gasteiger partial charge in [-0.1, -0.05) is 24.3 Å². The Bertz CT molecular complexity index is 1740. The first-order valence-electron chi connectivity index (χ1n) is 11.9. The zero-order chi connectivity index (χ0) is 30.5. The second-order valence-electron chi connectivity index (χ2n) is 8.70. The van der Waals surface area contributed by atoms with E-state index >= 15 is 0 Å². The molecule has 0 heterocycles. The zero-order valence-electron chi connectivity index (χ0n) is 21.3. The Morgan fingerprint density at radius 2 is 1.48 bits per heavy atom. The number of hydrogen-bond donors (Lipinski definition) is 6. The summed E-state index contributed by atoms with van der Waals surface area (Å²) in [7, 11) is -10.1. The van der Waals surface area contributed by atoms with E-state index in [0.29, 0.717) is 17.0 Å². The quantitative estimate of drug-likeness (QED) is 0.133. The molecule has 4 aromatic rings. The molecule has 0 spiro atoms. The van der Waals surface area contributed by atoms with Gasteiger partial charge in [0.25, 0.3) is 11.8 Å². The number of hydrogen-bond acceptors (Lipinski definition) is 7. The molecular formula is C26H23FN2O11P2. The smallest absolute Gasteiger partial charge is 0.484 e. The highest BCUT2D eigenvalue weighted by molar-refractivity contribution is 7.47. The first-order valence-corrected chi connectivity index (χ1v) is 14.9. The molecule has 4 aromatic carbocycles. The Kier molecular flexibility index (Phi) is 9.27. The van der Waals surface area contributed by atoms with Crippen molar-refractivity contribution in [3.8, 4) is 17.2 Å². The van der Waals surface area contributed by atoms with Crippen LogP contribution in [-0.4, -0.2) is 38.0 Å². The van der Waals surface area contributed by atoms with Crippen molar-refractivity contribution >= 4 is 43.9 Å². The van der Waals surface area contributed by atoms with E-state index in [4.69, 9.17) is 24.3 Å². The van der Waals surface area contributed by atoms with E-state index in [1.54, 1.807) is 42.5 Å². The molecule has 220 valence electrons. The highest BCUT2D eigenvalue weighted by Gasteiger charge is 2.24. The third kappa shape index (κ3) is 9.11. The largest absolute Gasteiger partial charge is 0.524 e. The van der Waals surface area contributed by atoms with Gasteiger partial charge in [0.2, 0.25) is 0 Å². The predicted molar refractivity (Wildman–Crippen MR) is 147 cm³/mol. The molecule has 0 saturated heterocycles. The molecule has 42 heavy (non-hydrogen) atoms. The molecule has 0 bridgehead atoms. The van der Waals surface area contributed by atoms with E-state index in [-0.39, 0.29) is 18.7 Å². The van der Waals surface area contributed by atoms with Crippen LogP contribution in [0.3, 0.4) is 0 Å². The van der Waals surface area contributed by atoms with Gasteiger partial charge in [-0.05, 0) is 70.9 Å². The SMILES string of the molecule is O=C(COc1ccc2cc(C(=O)Nc3cccc(F)c3)ccc2c1)NCc1ccc(OP(=O)(O)O)c(OP(=O)(O)O)c1. The molecule has 6 N–H and O–H groups in total. The molecule has 0 aromatic heterocycles. The summed E-state index contributed by atoms with van der Waals surface area (Å²) >= 11 is 0. The van der Waals surface area contributed by atoms with Crippen molar-refractivity contribution in [2.24, 2.45) is 0 Å². The second-order valence-corrected chi connectivity index (χ2v) is 11.0. The summed E-state index contributed by atoms with van der Waals surface area (Å²) < 4.78 is 50.1. The molecule has 13 nitrogen and oxygen atoms in total. The minimum Gasteiger partial charge on any atom is -0.484 e. The van der Waals surface area contributed by atoms with E-state index in [1.165, 1.54) is 24.3 Å². The van der Waals surface area contributed by atoms with Crippen molar-refractivity contribution in [1.82, 2.24) is 5.32 Å². The van der Waals surface area contributed by atoms with Gasteiger partial charge in [-0.25, -0.2) is 13.5 Å². The number of amides is 2. The molecule has 0 aliphatic carbocycles. The van der Waals surface area contributed by atoms with Gasteiger partial charge in [0.15, 0.2) is 18.1 Å². The van der Waals surface area contributed by atoms with Crippen LogP contribution in [0.15, 0.2) is 78.9 Å². The number of rotatable bonds is 11. The first-order chi connectivity index (χ1) is 19.7. The third-order valence-corrected chi connectivity index (χ3v) is 6.33. The monoisotopic (exact) mass is 620 g/mol.